The average molecular weight is 415 g/mol. The van der Waals surface area contributed by atoms with E-state index in [4.69, 9.17) is 14.2 Å². The van der Waals surface area contributed by atoms with Gasteiger partial charge in [-0.2, -0.15) is 0 Å². The summed E-state index contributed by atoms with van der Waals surface area (Å²) in [5.74, 6) is 1.62. The van der Waals surface area contributed by atoms with Crippen molar-refractivity contribution < 1.29 is 24.4 Å². The highest BCUT2D eigenvalue weighted by molar-refractivity contribution is 5.35. The second kappa shape index (κ2) is 11.5. The number of allylic oxidation sites excluding steroid dienone is 4. The number of benzene rings is 1. The fourth-order valence-corrected chi connectivity index (χ4v) is 4.39. The molecule has 0 amide bonds. The van der Waals surface area contributed by atoms with Gasteiger partial charge < -0.3 is 24.4 Å². The molecule has 3 rings (SSSR count). The molecule has 0 saturated heterocycles. The molecule has 2 N–H and O–H groups in total. The molecule has 164 valence electrons. The Bertz CT molecular complexity index is 765. The third-order valence-corrected chi connectivity index (χ3v) is 5.84. The first-order valence-electron chi connectivity index (χ1n) is 10.8. The summed E-state index contributed by atoms with van der Waals surface area (Å²) in [6.07, 6.45) is 15.6. The third-order valence-electron chi connectivity index (χ3n) is 5.84. The van der Waals surface area contributed by atoms with Crippen LogP contribution in [0.4, 0.5) is 0 Å². The number of hydrogen-bond donors (Lipinski definition) is 2. The van der Waals surface area contributed by atoms with Gasteiger partial charge in [-0.25, -0.2) is 0 Å². The van der Waals surface area contributed by atoms with Crippen molar-refractivity contribution in [1.82, 2.24) is 0 Å². The number of methoxy groups -OCH3 is 2. The smallest absolute Gasteiger partial charge is 0.188 e. The quantitative estimate of drug-likeness (QED) is 0.448. The van der Waals surface area contributed by atoms with Crippen molar-refractivity contribution in [3.8, 4) is 5.75 Å². The molecule has 2 aliphatic rings. The van der Waals surface area contributed by atoms with Crippen molar-refractivity contribution >= 4 is 0 Å². The second-order valence-corrected chi connectivity index (χ2v) is 8.14. The summed E-state index contributed by atoms with van der Waals surface area (Å²) in [6.45, 7) is 0.167. The maximum Gasteiger partial charge on any atom is 0.188 e. The van der Waals surface area contributed by atoms with Crippen LogP contribution in [0.15, 0.2) is 54.2 Å². The molecular formula is C25H34O5. The van der Waals surface area contributed by atoms with Gasteiger partial charge in [-0.05, 0) is 66.9 Å². The molecule has 0 fully saturated rings. The number of ether oxygens (including phenoxy) is 3. The Morgan fingerprint density at radius 2 is 1.93 bits per heavy atom. The lowest BCUT2D eigenvalue weighted by molar-refractivity contribution is -0.0382. The first-order valence-corrected chi connectivity index (χ1v) is 10.8. The van der Waals surface area contributed by atoms with E-state index in [9.17, 15) is 10.2 Å². The van der Waals surface area contributed by atoms with Crippen LogP contribution in [0, 0.1) is 11.8 Å². The molecule has 3 atom stereocenters. The normalized spacial score (nSPS) is 23.6. The highest BCUT2D eigenvalue weighted by atomic mass is 16.7. The molecule has 30 heavy (non-hydrogen) atoms. The Morgan fingerprint density at radius 1 is 1.10 bits per heavy atom. The summed E-state index contributed by atoms with van der Waals surface area (Å²) in [6, 6.07) is 5.89. The fourth-order valence-electron chi connectivity index (χ4n) is 4.39. The topological polar surface area (TPSA) is 68.2 Å². The fraction of sp³-hybridized carbons (Fsp3) is 0.520. The van der Waals surface area contributed by atoms with Crippen LogP contribution < -0.4 is 4.74 Å². The predicted molar refractivity (Wildman–Crippen MR) is 117 cm³/mol. The van der Waals surface area contributed by atoms with Gasteiger partial charge in [0.1, 0.15) is 5.75 Å². The lowest BCUT2D eigenvalue weighted by atomic mass is 9.80. The van der Waals surface area contributed by atoms with Crippen LogP contribution >= 0.6 is 0 Å². The van der Waals surface area contributed by atoms with Crippen LogP contribution in [-0.4, -0.2) is 43.6 Å². The zero-order valence-corrected chi connectivity index (χ0v) is 18.0. The van der Waals surface area contributed by atoms with Gasteiger partial charge in [0.05, 0.1) is 6.10 Å². The molecule has 2 aliphatic carbocycles. The van der Waals surface area contributed by atoms with Crippen molar-refractivity contribution in [1.29, 1.82) is 0 Å². The maximum atomic E-state index is 9.35. The van der Waals surface area contributed by atoms with Crippen molar-refractivity contribution in [2.24, 2.45) is 11.8 Å². The summed E-state index contributed by atoms with van der Waals surface area (Å²) in [4.78, 5) is 0. The van der Waals surface area contributed by atoms with E-state index in [2.05, 4.69) is 30.4 Å². The number of rotatable bonds is 10. The summed E-state index contributed by atoms with van der Waals surface area (Å²) in [7, 11) is 3.37. The van der Waals surface area contributed by atoms with Crippen molar-refractivity contribution in [3.63, 3.8) is 0 Å². The van der Waals surface area contributed by atoms with Crippen LogP contribution in [0.1, 0.15) is 36.8 Å². The van der Waals surface area contributed by atoms with E-state index in [0.717, 1.165) is 43.2 Å². The first kappa shape index (κ1) is 22.8. The largest absolute Gasteiger partial charge is 0.468 e. The lowest BCUT2D eigenvalue weighted by Gasteiger charge is -2.30. The van der Waals surface area contributed by atoms with Crippen LogP contribution in [0.3, 0.4) is 0 Å². The second-order valence-electron chi connectivity index (χ2n) is 8.14. The number of aryl methyl sites for hydroxylation is 1. The third kappa shape index (κ3) is 6.54. The minimum Gasteiger partial charge on any atom is -0.468 e. The van der Waals surface area contributed by atoms with Crippen LogP contribution in [0.5, 0.6) is 5.75 Å². The SMILES string of the molecule is COCOc1cc(CCC2C=C(C3CCC=CC3OC)C=CC2)cc(CC(O)O)c1. The molecule has 5 heteroatoms. The molecule has 0 bridgehead atoms. The van der Waals surface area contributed by atoms with Crippen molar-refractivity contribution in [3.05, 3.63) is 65.3 Å². The Kier molecular flexibility index (Phi) is 8.70. The molecular weight excluding hydrogens is 380 g/mol. The summed E-state index contributed by atoms with van der Waals surface area (Å²) < 4.78 is 16.3. The van der Waals surface area contributed by atoms with Gasteiger partial charge in [-0.3, -0.25) is 0 Å². The van der Waals surface area contributed by atoms with Crippen LogP contribution in [0.2, 0.25) is 0 Å². The van der Waals surface area contributed by atoms with E-state index in [1.165, 1.54) is 5.57 Å². The highest BCUT2D eigenvalue weighted by Gasteiger charge is 2.25. The van der Waals surface area contributed by atoms with Gasteiger partial charge in [-0.1, -0.05) is 36.4 Å². The Balaban J connectivity index is 1.67. The molecule has 1 aromatic carbocycles. The van der Waals surface area contributed by atoms with E-state index in [1.807, 2.05) is 18.2 Å². The van der Waals surface area contributed by atoms with Crippen LogP contribution in [-0.2, 0) is 22.3 Å². The highest BCUT2D eigenvalue weighted by Crippen LogP contribution is 2.33. The zero-order chi connectivity index (χ0) is 21.3. The molecule has 0 spiro atoms. The lowest BCUT2D eigenvalue weighted by Crippen LogP contribution is -2.25. The molecule has 0 radical (unpaired) electrons. The molecule has 0 aromatic heterocycles. The maximum absolute atomic E-state index is 9.35. The molecule has 1 aromatic rings. The van der Waals surface area contributed by atoms with Gasteiger partial charge in [-0.15, -0.1) is 0 Å². The van der Waals surface area contributed by atoms with Crippen molar-refractivity contribution in [2.45, 2.75) is 50.9 Å². The summed E-state index contributed by atoms with van der Waals surface area (Å²) >= 11 is 0. The van der Waals surface area contributed by atoms with Crippen molar-refractivity contribution in [2.75, 3.05) is 21.0 Å². The number of aliphatic hydroxyl groups excluding tert-OH is 1. The van der Waals surface area contributed by atoms with Gasteiger partial charge in [0.25, 0.3) is 0 Å². The van der Waals surface area contributed by atoms with E-state index in [-0.39, 0.29) is 19.3 Å². The monoisotopic (exact) mass is 414 g/mol. The zero-order valence-electron chi connectivity index (χ0n) is 18.0. The minimum atomic E-state index is -1.37. The van der Waals surface area contributed by atoms with E-state index >= 15 is 0 Å². The summed E-state index contributed by atoms with van der Waals surface area (Å²) in [5.41, 5.74) is 3.38. The van der Waals surface area contributed by atoms with E-state index in [1.54, 1.807) is 14.2 Å². The van der Waals surface area contributed by atoms with Crippen LogP contribution in [0.25, 0.3) is 0 Å². The Labute approximate surface area is 179 Å². The molecule has 5 nitrogen and oxygen atoms in total. The standard InChI is InChI=1S/C25H34O5/c1-28-17-30-22-14-19(12-20(15-22)16-25(26)27)11-10-18-6-5-7-21(13-18)23-8-3-4-9-24(23)29-2/h4-5,7,9,12-15,18,23-27H,3,6,8,10-11,16-17H2,1-2H3. The van der Waals surface area contributed by atoms with Gasteiger partial charge in [0.2, 0.25) is 0 Å². The summed E-state index contributed by atoms with van der Waals surface area (Å²) in [5, 5.41) is 18.7. The number of hydrogen-bond acceptors (Lipinski definition) is 5. The number of aliphatic hydroxyl groups is 2. The molecule has 3 unspecified atom stereocenters. The van der Waals surface area contributed by atoms with Gasteiger partial charge in [0.15, 0.2) is 13.1 Å². The molecule has 0 heterocycles. The Morgan fingerprint density at radius 3 is 2.70 bits per heavy atom. The van der Waals surface area contributed by atoms with E-state index in [0.29, 0.717) is 17.6 Å². The van der Waals surface area contributed by atoms with Gasteiger partial charge >= 0.3 is 0 Å². The van der Waals surface area contributed by atoms with Gasteiger partial charge in [0, 0.05) is 26.6 Å². The molecule has 0 aliphatic heterocycles. The first-order chi connectivity index (χ1) is 14.6. The molecule has 0 saturated carbocycles. The van der Waals surface area contributed by atoms with E-state index < -0.39 is 6.29 Å². The predicted octanol–water partition coefficient (Wildman–Crippen LogP) is 3.94. The average Bonchev–Trinajstić information content (AvgIpc) is 2.76. The Hall–Kier alpha value is -1.92. The minimum absolute atomic E-state index is 0.162.